The van der Waals surface area contributed by atoms with E-state index in [4.69, 9.17) is 0 Å². The molecule has 2 rings (SSSR count). The second-order valence-electron chi connectivity index (χ2n) is 6.77. The number of aromatic hydroxyl groups is 1. The lowest BCUT2D eigenvalue weighted by Gasteiger charge is -2.18. The second kappa shape index (κ2) is 8.05. The minimum atomic E-state index is 0.414. The molecule has 0 spiro atoms. The summed E-state index contributed by atoms with van der Waals surface area (Å²) in [7, 11) is 4.04. The molecule has 0 aliphatic heterocycles. The summed E-state index contributed by atoms with van der Waals surface area (Å²) < 4.78 is 0. The first-order valence-corrected chi connectivity index (χ1v) is 8.56. The van der Waals surface area contributed by atoms with Crippen LogP contribution in [0.15, 0.2) is 42.5 Å². The lowest BCUT2D eigenvalue weighted by molar-refractivity contribution is 0.466. The SMILES string of the molecule is CC(C)c1ccc(CCCCc2c(O)cccc2N(C)C)cc1. The van der Waals surface area contributed by atoms with Crippen molar-refractivity contribution in [3.8, 4) is 5.75 Å². The highest BCUT2D eigenvalue weighted by atomic mass is 16.3. The van der Waals surface area contributed by atoms with Crippen molar-refractivity contribution in [3.05, 3.63) is 59.2 Å². The Bertz CT molecular complexity index is 614. The molecule has 1 N–H and O–H groups in total. The van der Waals surface area contributed by atoms with E-state index < -0.39 is 0 Å². The van der Waals surface area contributed by atoms with Gasteiger partial charge in [0.25, 0.3) is 0 Å². The third-order valence-electron chi connectivity index (χ3n) is 4.40. The molecule has 0 atom stereocenters. The predicted octanol–water partition coefficient (Wildman–Crippen LogP) is 5.15. The lowest BCUT2D eigenvalue weighted by atomic mass is 9.98. The largest absolute Gasteiger partial charge is 0.508 e. The monoisotopic (exact) mass is 311 g/mol. The van der Waals surface area contributed by atoms with Crippen molar-refractivity contribution < 1.29 is 5.11 Å². The van der Waals surface area contributed by atoms with Gasteiger partial charge in [-0.25, -0.2) is 0 Å². The fourth-order valence-electron chi connectivity index (χ4n) is 2.94. The Morgan fingerprint density at radius 1 is 0.913 bits per heavy atom. The quantitative estimate of drug-likeness (QED) is 0.715. The highest BCUT2D eigenvalue weighted by Crippen LogP contribution is 2.29. The van der Waals surface area contributed by atoms with Gasteiger partial charge in [-0.1, -0.05) is 44.2 Å². The molecule has 0 unspecified atom stereocenters. The van der Waals surface area contributed by atoms with E-state index in [9.17, 15) is 5.11 Å². The van der Waals surface area contributed by atoms with Crippen molar-refractivity contribution >= 4 is 5.69 Å². The third kappa shape index (κ3) is 4.75. The number of unbranched alkanes of at least 4 members (excludes halogenated alkanes) is 1. The van der Waals surface area contributed by atoms with E-state index in [-0.39, 0.29) is 0 Å². The van der Waals surface area contributed by atoms with Crippen LogP contribution < -0.4 is 4.90 Å². The maximum atomic E-state index is 10.1. The molecular formula is C21H29NO. The zero-order chi connectivity index (χ0) is 16.8. The molecule has 0 amide bonds. The summed E-state index contributed by atoms with van der Waals surface area (Å²) in [5, 5.41) is 10.1. The Kier molecular flexibility index (Phi) is 6.09. The molecule has 124 valence electrons. The predicted molar refractivity (Wildman–Crippen MR) is 99.6 cm³/mol. The van der Waals surface area contributed by atoms with Gasteiger partial charge in [0.1, 0.15) is 5.75 Å². The number of anilines is 1. The van der Waals surface area contributed by atoms with Crippen LogP contribution in [0.1, 0.15) is 49.3 Å². The van der Waals surface area contributed by atoms with Crippen LogP contribution in [0.3, 0.4) is 0 Å². The van der Waals surface area contributed by atoms with Crippen molar-refractivity contribution in [1.29, 1.82) is 0 Å². The molecule has 0 fully saturated rings. The first-order valence-electron chi connectivity index (χ1n) is 8.56. The first kappa shape index (κ1) is 17.4. The number of hydrogen-bond acceptors (Lipinski definition) is 2. The molecule has 2 heteroatoms. The van der Waals surface area contributed by atoms with E-state index in [0.29, 0.717) is 11.7 Å². The zero-order valence-corrected chi connectivity index (χ0v) is 14.8. The van der Waals surface area contributed by atoms with Crippen molar-refractivity contribution in [3.63, 3.8) is 0 Å². The molecule has 2 nitrogen and oxygen atoms in total. The molecule has 0 aliphatic carbocycles. The number of rotatable bonds is 7. The highest BCUT2D eigenvalue weighted by molar-refractivity contribution is 5.58. The van der Waals surface area contributed by atoms with E-state index in [1.165, 1.54) is 11.1 Å². The van der Waals surface area contributed by atoms with Crippen molar-refractivity contribution in [2.24, 2.45) is 0 Å². The summed E-state index contributed by atoms with van der Waals surface area (Å²) >= 11 is 0. The third-order valence-corrected chi connectivity index (χ3v) is 4.40. The molecule has 0 bridgehead atoms. The van der Waals surface area contributed by atoms with Gasteiger partial charge in [-0.05, 0) is 54.9 Å². The molecule has 0 heterocycles. The molecule has 0 aromatic heterocycles. The average molecular weight is 311 g/mol. The Balaban J connectivity index is 1.88. The summed E-state index contributed by atoms with van der Waals surface area (Å²) in [5.41, 5.74) is 4.98. The first-order chi connectivity index (χ1) is 11.0. The van der Waals surface area contributed by atoms with Gasteiger partial charge in [0, 0.05) is 25.3 Å². The van der Waals surface area contributed by atoms with Gasteiger partial charge < -0.3 is 10.0 Å². The smallest absolute Gasteiger partial charge is 0.120 e. The van der Waals surface area contributed by atoms with Crippen molar-refractivity contribution in [2.45, 2.75) is 45.4 Å². The molecule has 2 aromatic carbocycles. The van der Waals surface area contributed by atoms with Gasteiger partial charge in [-0.2, -0.15) is 0 Å². The van der Waals surface area contributed by atoms with Crippen LogP contribution in [-0.4, -0.2) is 19.2 Å². The second-order valence-corrected chi connectivity index (χ2v) is 6.77. The van der Waals surface area contributed by atoms with E-state index in [1.807, 2.05) is 20.2 Å². The summed E-state index contributed by atoms with van der Waals surface area (Å²) in [6.45, 7) is 4.45. The minimum absolute atomic E-state index is 0.414. The Morgan fingerprint density at radius 3 is 2.17 bits per heavy atom. The van der Waals surface area contributed by atoms with Gasteiger partial charge in [0.2, 0.25) is 0 Å². The molecule has 2 aromatic rings. The van der Waals surface area contributed by atoms with Gasteiger partial charge >= 0.3 is 0 Å². The zero-order valence-electron chi connectivity index (χ0n) is 14.8. The number of hydrogen-bond donors (Lipinski definition) is 1. The Morgan fingerprint density at radius 2 is 1.57 bits per heavy atom. The molecular weight excluding hydrogens is 282 g/mol. The number of nitrogens with zero attached hydrogens (tertiary/aromatic N) is 1. The molecule has 23 heavy (non-hydrogen) atoms. The standard InChI is InChI=1S/C21H29NO/c1-16(2)18-14-12-17(13-15-18)8-5-6-9-19-20(22(3)4)10-7-11-21(19)23/h7,10-16,23H,5-6,8-9H2,1-4H3. The molecule has 0 aliphatic rings. The van der Waals surface area contributed by atoms with Crippen molar-refractivity contribution in [1.82, 2.24) is 0 Å². The van der Waals surface area contributed by atoms with Crippen LogP contribution in [0.4, 0.5) is 5.69 Å². The van der Waals surface area contributed by atoms with Crippen LogP contribution in [0, 0.1) is 0 Å². The summed E-state index contributed by atoms with van der Waals surface area (Å²) in [6.07, 6.45) is 4.25. The van der Waals surface area contributed by atoms with Crippen LogP contribution in [0.25, 0.3) is 0 Å². The number of phenols is 1. The minimum Gasteiger partial charge on any atom is -0.508 e. The van der Waals surface area contributed by atoms with Gasteiger partial charge in [-0.15, -0.1) is 0 Å². The van der Waals surface area contributed by atoms with E-state index in [0.717, 1.165) is 36.9 Å². The van der Waals surface area contributed by atoms with Gasteiger partial charge in [-0.3, -0.25) is 0 Å². The highest BCUT2D eigenvalue weighted by Gasteiger charge is 2.09. The van der Waals surface area contributed by atoms with Crippen LogP contribution in [0.2, 0.25) is 0 Å². The fourth-order valence-corrected chi connectivity index (χ4v) is 2.94. The fraction of sp³-hybridized carbons (Fsp3) is 0.429. The maximum Gasteiger partial charge on any atom is 0.120 e. The summed E-state index contributed by atoms with van der Waals surface area (Å²) in [5.74, 6) is 1.01. The topological polar surface area (TPSA) is 23.5 Å². The van der Waals surface area contributed by atoms with E-state index in [2.05, 4.69) is 49.1 Å². The Hall–Kier alpha value is -1.96. The number of aryl methyl sites for hydroxylation is 1. The number of phenolic OH excluding ortho intramolecular Hbond substituents is 1. The van der Waals surface area contributed by atoms with Crippen LogP contribution >= 0.6 is 0 Å². The summed E-state index contributed by atoms with van der Waals surface area (Å²) in [6, 6.07) is 14.7. The summed E-state index contributed by atoms with van der Waals surface area (Å²) in [4.78, 5) is 2.07. The molecule has 0 saturated heterocycles. The average Bonchev–Trinajstić information content (AvgIpc) is 2.52. The normalized spacial score (nSPS) is 11.0. The van der Waals surface area contributed by atoms with E-state index >= 15 is 0 Å². The Labute approximate surface area is 140 Å². The van der Waals surface area contributed by atoms with Crippen LogP contribution in [0.5, 0.6) is 5.75 Å². The van der Waals surface area contributed by atoms with Crippen molar-refractivity contribution in [2.75, 3.05) is 19.0 Å². The maximum absolute atomic E-state index is 10.1. The number of benzene rings is 2. The lowest BCUT2D eigenvalue weighted by Crippen LogP contribution is -2.11. The van der Waals surface area contributed by atoms with Gasteiger partial charge in [0.05, 0.1) is 0 Å². The van der Waals surface area contributed by atoms with Gasteiger partial charge in [0.15, 0.2) is 0 Å². The van der Waals surface area contributed by atoms with Crippen LogP contribution in [-0.2, 0) is 12.8 Å². The van der Waals surface area contributed by atoms with E-state index in [1.54, 1.807) is 6.07 Å². The molecule has 0 radical (unpaired) electrons. The molecule has 0 saturated carbocycles.